The standard InChI is InChI=1S/C11H12F3N3O3/c1-6-5-7(17(19)20)3-4-8(6)16-9(18)10(2,15)11(12,13)14/h3-5H,15H2,1-2H3,(H,16,18). The van der Waals surface area contributed by atoms with E-state index in [1.165, 1.54) is 6.92 Å². The first-order chi connectivity index (χ1) is 8.96. The van der Waals surface area contributed by atoms with Crippen LogP contribution in [0, 0.1) is 17.0 Å². The molecule has 0 saturated carbocycles. The van der Waals surface area contributed by atoms with Gasteiger partial charge in [0.1, 0.15) is 0 Å². The van der Waals surface area contributed by atoms with Crippen LogP contribution in [0.2, 0.25) is 0 Å². The van der Waals surface area contributed by atoms with Gasteiger partial charge in [0.2, 0.25) is 0 Å². The smallest absolute Gasteiger partial charge is 0.324 e. The van der Waals surface area contributed by atoms with Gasteiger partial charge in [-0.15, -0.1) is 0 Å². The van der Waals surface area contributed by atoms with Crippen LogP contribution in [0.4, 0.5) is 24.5 Å². The molecule has 0 aliphatic heterocycles. The van der Waals surface area contributed by atoms with Crippen LogP contribution in [0.25, 0.3) is 0 Å². The number of alkyl halides is 3. The Bertz CT molecular complexity index is 556. The number of anilines is 1. The number of hydrogen-bond donors (Lipinski definition) is 2. The summed E-state index contributed by atoms with van der Waals surface area (Å²) in [5.74, 6) is -1.44. The number of nitro groups is 1. The molecule has 0 bridgehead atoms. The van der Waals surface area contributed by atoms with Crippen molar-refractivity contribution in [3.63, 3.8) is 0 Å². The maximum Gasteiger partial charge on any atom is 0.415 e. The van der Waals surface area contributed by atoms with Gasteiger partial charge < -0.3 is 11.1 Å². The summed E-state index contributed by atoms with van der Waals surface area (Å²) in [5, 5.41) is 12.5. The minimum atomic E-state index is -4.91. The lowest BCUT2D eigenvalue weighted by Crippen LogP contribution is -2.59. The number of amides is 1. The second kappa shape index (κ2) is 5.08. The lowest BCUT2D eigenvalue weighted by atomic mass is 10.0. The first-order valence-electron chi connectivity index (χ1n) is 5.39. The number of non-ortho nitro benzene ring substituents is 1. The van der Waals surface area contributed by atoms with E-state index in [1.807, 2.05) is 5.32 Å². The van der Waals surface area contributed by atoms with E-state index >= 15 is 0 Å². The quantitative estimate of drug-likeness (QED) is 0.658. The zero-order valence-electron chi connectivity index (χ0n) is 10.6. The number of nitrogens with one attached hydrogen (secondary N) is 1. The third kappa shape index (κ3) is 3.05. The van der Waals surface area contributed by atoms with Gasteiger partial charge in [0.25, 0.3) is 11.6 Å². The van der Waals surface area contributed by atoms with Crippen molar-refractivity contribution in [2.75, 3.05) is 5.32 Å². The van der Waals surface area contributed by atoms with Gasteiger partial charge in [-0.25, -0.2) is 0 Å². The molecule has 1 aromatic rings. The number of hydrogen-bond acceptors (Lipinski definition) is 4. The second-order valence-electron chi connectivity index (χ2n) is 4.41. The number of nitrogens with zero attached hydrogens (tertiary/aromatic N) is 1. The second-order valence-corrected chi connectivity index (χ2v) is 4.41. The van der Waals surface area contributed by atoms with Crippen molar-refractivity contribution in [2.45, 2.75) is 25.6 Å². The zero-order valence-corrected chi connectivity index (χ0v) is 10.6. The lowest BCUT2D eigenvalue weighted by Gasteiger charge is -2.26. The van der Waals surface area contributed by atoms with Gasteiger partial charge >= 0.3 is 6.18 Å². The summed E-state index contributed by atoms with van der Waals surface area (Å²) in [7, 11) is 0. The maximum absolute atomic E-state index is 12.6. The van der Waals surface area contributed by atoms with Gasteiger partial charge in [-0.05, 0) is 25.5 Å². The molecule has 0 spiro atoms. The summed E-state index contributed by atoms with van der Waals surface area (Å²) in [6.45, 7) is 1.97. The molecule has 1 atom stereocenters. The highest BCUT2D eigenvalue weighted by molar-refractivity contribution is 5.98. The largest absolute Gasteiger partial charge is 0.415 e. The molecular weight excluding hydrogens is 279 g/mol. The highest BCUT2D eigenvalue weighted by Gasteiger charge is 2.54. The van der Waals surface area contributed by atoms with E-state index in [4.69, 9.17) is 5.73 Å². The molecule has 9 heteroatoms. The van der Waals surface area contributed by atoms with E-state index in [0.717, 1.165) is 18.2 Å². The van der Waals surface area contributed by atoms with Gasteiger partial charge in [-0.1, -0.05) is 0 Å². The van der Waals surface area contributed by atoms with Gasteiger partial charge in [0, 0.05) is 17.8 Å². The first-order valence-corrected chi connectivity index (χ1v) is 5.39. The third-order valence-electron chi connectivity index (χ3n) is 2.73. The fraction of sp³-hybridized carbons (Fsp3) is 0.364. The van der Waals surface area contributed by atoms with E-state index in [2.05, 4.69) is 0 Å². The summed E-state index contributed by atoms with van der Waals surface area (Å²) in [6, 6.07) is 3.36. The zero-order chi connectivity index (χ0) is 15.7. The van der Waals surface area contributed by atoms with Crippen molar-refractivity contribution in [2.24, 2.45) is 5.73 Å². The molecule has 0 fully saturated rings. The molecule has 1 rings (SSSR count). The average Bonchev–Trinajstić information content (AvgIpc) is 2.29. The minimum Gasteiger partial charge on any atom is -0.324 e. The molecule has 0 aliphatic rings. The van der Waals surface area contributed by atoms with Crippen molar-refractivity contribution >= 4 is 17.3 Å². The summed E-state index contributed by atoms with van der Waals surface area (Å²) >= 11 is 0. The summed E-state index contributed by atoms with van der Waals surface area (Å²) in [5.41, 5.74) is 1.97. The molecule has 3 N–H and O–H groups in total. The maximum atomic E-state index is 12.6. The van der Waals surface area contributed by atoms with Crippen molar-refractivity contribution in [1.29, 1.82) is 0 Å². The molecule has 0 radical (unpaired) electrons. The van der Waals surface area contributed by atoms with Gasteiger partial charge in [0.05, 0.1) is 4.92 Å². The molecule has 0 saturated heterocycles. The molecule has 20 heavy (non-hydrogen) atoms. The van der Waals surface area contributed by atoms with Crippen LogP contribution < -0.4 is 11.1 Å². The van der Waals surface area contributed by atoms with Gasteiger partial charge in [-0.2, -0.15) is 13.2 Å². The number of halogens is 3. The van der Waals surface area contributed by atoms with E-state index in [9.17, 15) is 28.1 Å². The fourth-order valence-corrected chi connectivity index (χ4v) is 1.28. The normalized spacial score (nSPS) is 14.5. The summed E-state index contributed by atoms with van der Waals surface area (Å²) in [4.78, 5) is 21.4. The summed E-state index contributed by atoms with van der Waals surface area (Å²) < 4.78 is 37.7. The van der Waals surface area contributed by atoms with E-state index in [0.29, 0.717) is 6.92 Å². The molecule has 6 nitrogen and oxygen atoms in total. The topological polar surface area (TPSA) is 98.3 Å². The predicted octanol–water partition coefficient (Wildman–Crippen LogP) is 2.12. The van der Waals surface area contributed by atoms with Crippen LogP contribution in [-0.2, 0) is 4.79 Å². The van der Waals surface area contributed by atoms with Crippen molar-refractivity contribution in [3.05, 3.63) is 33.9 Å². The van der Waals surface area contributed by atoms with Crippen LogP contribution in [0.1, 0.15) is 12.5 Å². The predicted molar refractivity (Wildman–Crippen MR) is 65.1 cm³/mol. The SMILES string of the molecule is Cc1cc([N+](=O)[O-])ccc1NC(=O)C(C)(N)C(F)(F)F. The molecule has 1 unspecified atom stereocenters. The van der Waals surface area contributed by atoms with Gasteiger partial charge in [-0.3, -0.25) is 14.9 Å². The van der Waals surface area contributed by atoms with Crippen LogP contribution in [0.5, 0.6) is 0 Å². The van der Waals surface area contributed by atoms with Crippen LogP contribution >= 0.6 is 0 Å². The molecule has 0 aliphatic carbocycles. The number of aryl methyl sites for hydroxylation is 1. The number of carbonyl (C=O) groups is 1. The Morgan fingerprint density at radius 3 is 2.35 bits per heavy atom. The van der Waals surface area contributed by atoms with E-state index in [-0.39, 0.29) is 16.9 Å². The number of rotatable bonds is 3. The Labute approximate surface area is 111 Å². The van der Waals surface area contributed by atoms with Crippen LogP contribution in [-0.4, -0.2) is 22.5 Å². The molecule has 110 valence electrons. The Balaban J connectivity index is 3.00. The Hall–Kier alpha value is -2.16. The lowest BCUT2D eigenvalue weighted by molar-refractivity contribution is -0.384. The number of carbonyl (C=O) groups excluding carboxylic acids is 1. The highest BCUT2D eigenvalue weighted by atomic mass is 19.4. The van der Waals surface area contributed by atoms with Crippen molar-refractivity contribution in [3.8, 4) is 0 Å². The Kier molecular flexibility index (Phi) is 4.04. The molecule has 0 heterocycles. The number of benzene rings is 1. The Morgan fingerprint density at radius 2 is 1.95 bits per heavy atom. The Morgan fingerprint density at radius 1 is 1.40 bits per heavy atom. The van der Waals surface area contributed by atoms with Gasteiger partial charge in [0.15, 0.2) is 5.54 Å². The first kappa shape index (κ1) is 15.9. The molecule has 1 aromatic carbocycles. The number of nitrogens with two attached hydrogens (primary N) is 1. The monoisotopic (exact) mass is 291 g/mol. The third-order valence-corrected chi connectivity index (χ3v) is 2.73. The summed E-state index contributed by atoms with van der Waals surface area (Å²) in [6.07, 6.45) is -4.91. The van der Waals surface area contributed by atoms with E-state index in [1.54, 1.807) is 0 Å². The van der Waals surface area contributed by atoms with Crippen molar-refractivity contribution in [1.82, 2.24) is 0 Å². The van der Waals surface area contributed by atoms with Crippen LogP contribution in [0.15, 0.2) is 18.2 Å². The molecule has 1 amide bonds. The molecule has 0 aromatic heterocycles. The minimum absolute atomic E-state index is 0.0292. The highest BCUT2D eigenvalue weighted by Crippen LogP contribution is 2.30. The fourth-order valence-electron chi connectivity index (χ4n) is 1.28. The van der Waals surface area contributed by atoms with Crippen molar-refractivity contribution < 1.29 is 22.9 Å². The average molecular weight is 291 g/mol. The molecular formula is C11H12F3N3O3. The van der Waals surface area contributed by atoms with E-state index < -0.39 is 22.5 Å². The number of nitro benzene ring substituents is 1. The van der Waals surface area contributed by atoms with Crippen LogP contribution in [0.3, 0.4) is 0 Å².